The van der Waals surface area contributed by atoms with Gasteiger partial charge in [0, 0.05) is 6.42 Å². The van der Waals surface area contributed by atoms with Crippen LogP contribution in [0.4, 0.5) is 13.2 Å². The summed E-state index contributed by atoms with van der Waals surface area (Å²) < 4.78 is 33.8. The van der Waals surface area contributed by atoms with E-state index in [1.54, 1.807) is 0 Å². The van der Waals surface area contributed by atoms with Crippen LogP contribution in [0, 0.1) is 0 Å². The van der Waals surface area contributed by atoms with Crippen LogP contribution in [0.2, 0.25) is 0 Å². The van der Waals surface area contributed by atoms with E-state index in [9.17, 15) is 18.0 Å². The second-order valence-electron chi connectivity index (χ2n) is 1.68. The number of hydrogen-bond donors (Lipinski definition) is 0. The molecule has 0 unspecified atom stereocenters. The lowest BCUT2D eigenvalue weighted by atomic mass is 10.2. The highest BCUT2D eigenvalue weighted by atomic mass is 19.4. The van der Waals surface area contributed by atoms with Crippen molar-refractivity contribution in [2.24, 2.45) is 0 Å². The van der Waals surface area contributed by atoms with Crippen molar-refractivity contribution in [3.05, 3.63) is 0 Å². The Balaban J connectivity index is 3.60. The van der Waals surface area contributed by atoms with Gasteiger partial charge < -0.3 is 0 Å². The molecule has 0 aliphatic carbocycles. The molecule has 4 heteroatoms. The molecule has 9 heavy (non-hydrogen) atoms. The van der Waals surface area contributed by atoms with Crippen LogP contribution in [0.3, 0.4) is 0 Å². The highest BCUT2D eigenvalue weighted by molar-refractivity contribution is 5.78. The molecule has 0 fully saturated rings. The SMILES string of the molecule is CCC(=O)CC(F)(F)F. The summed E-state index contributed by atoms with van der Waals surface area (Å²) in [4.78, 5) is 10.1. The summed E-state index contributed by atoms with van der Waals surface area (Å²) in [6.45, 7) is 1.41. The van der Waals surface area contributed by atoms with Crippen molar-refractivity contribution >= 4 is 5.78 Å². The van der Waals surface area contributed by atoms with E-state index < -0.39 is 18.4 Å². The number of hydrogen-bond acceptors (Lipinski definition) is 1. The summed E-state index contributed by atoms with van der Waals surface area (Å²) in [7, 11) is 0. The molecule has 0 rings (SSSR count). The fraction of sp³-hybridized carbons (Fsp3) is 0.800. The molecule has 0 aliphatic heterocycles. The molecule has 1 nitrogen and oxygen atoms in total. The van der Waals surface area contributed by atoms with E-state index in [2.05, 4.69) is 0 Å². The largest absolute Gasteiger partial charge is 0.395 e. The molecule has 54 valence electrons. The Morgan fingerprint density at radius 2 is 1.89 bits per heavy atom. The molecule has 0 atom stereocenters. The van der Waals surface area contributed by atoms with Crippen molar-refractivity contribution in [2.75, 3.05) is 0 Å². The normalized spacial score (nSPS) is 11.6. The molecule has 0 aromatic carbocycles. The van der Waals surface area contributed by atoms with Gasteiger partial charge in [-0.25, -0.2) is 0 Å². The van der Waals surface area contributed by atoms with E-state index in [1.165, 1.54) is 6.92 Å². The molecule has 0 aromatic rings. The van der Waals surface area contributed by atoms with Crippen molar-refractivity contribution in [1.82, 2.24) is 0 Å². The van der Waals surface area contributed by atoms with Crippen molar-refractivity contribution in [1.29, 1.82) is 0 Å². The van der Waals surface area contributed by atoms with Gasteiger partial charge in [0.15, 0.2) is 0 Å². The summed E-state index contributed by atoms with van der Waals surface area (Å²) >= 11 is 0. The zero-order valence-electron chi connectivity index (χ0n) is 4.96. The average Bonchev–Trinajstić information content (AvgIpc) is 1.62. The quantitative estimate of drug-likeness (QED) is 0.572. The molecule has 0 saturated carbocycles. The number of Topliss-reactive ketones (excluding diaryl/α,β-unsaturated/α-hetero) is 1. The number of carbonyl (C=O) groups excluding carboxylic acids is 1. The van der Waals surface area contributed by atoms with Crippen LogP contribution in [0.15, 0.2) is 0 Å². The van der Waals surface area contributed by atoms with Gasteiger partial charge >= 0.3 is 6.18 Å². The Morgan fingerprint density at radius 1 is 1.44 bits per heavy atom. The van der Waals surface area contributed by atoms with E-state index in [-0.39, 0.29) is 6.42 Å². The average molecular weight is 140 g/mol. The third kappa shape index (κ3) is 5.33. The summed E-state index contributed by atoms with van der Waals surface area (Å²) in [6.07, 6.45) is -5.66. The Kier molecular flexibility index (Phi) is 2.67. The molecule has 0 saturated heterocycles. The number of ketones is 1. The molecule has 0 spiro atoms. The Labute approximate surface area is 50.9 Å². The first-order chi connectivity index (χ1) is 3.95. The molecule has 0 bridgehead atoms. The van der Waals surface area contributed by atoms with Crippen molar-refractivity contribution in [3.8, 4) is 0 Å². The summed E-state index contributed by atoms with van der Waals surface area (Å²) in [5, 5.41) is 0. The van der Waals surface area contributed by atoms with Gasteiger partial charge in [-0.05, 0) is 0 Å². The predicted molar refractivity (Wildman–Crippen MR) is 26.0 cm³/mol. The number of alkyl halides is 3. The summed E-state index contributed by atoms with van der Waals surface area (Å²) in [5.74, 6) is -0.762. The lowest BCUT2D eigenvalue weighted by molar-refractivity contribution is -0.152. The maximum absolute atomic E-state index is 11.3. The molecule has 0 N–H and O–H groups in total. The third-order valence-electron chi connectivity index (χ3n) is 0.792. The van der Waals surface area contributed by atoms with Gasteiger partial charge in [0.05, 0.1) is 0 Å². The Hall–Kier alpha value is -0.540. The molecular weight excluding hydrogens is 133 g/mol. The second-order valence-corrected chi connectivity index (χ2v) is 1.68. The fourth-order valence-electron chi connectivity index (χ4n) is 0.349. The van der Waals surface area contributed by atoms with Gasteiger partial charge in [-0.2, -0.15) is 13.2 Å². The predicted octanol–water partition coefficient (Wildman–Crippen LogP) is 1.92. The fourth-order valence-corrected chi connectivity index (χ4v) is 0.349. The molecule has 0 amide bonds. The number of carbonyl (C=O) groups is 1. The molecule has 0 aliphatic rings. The van der Waals surface area contributed by atoms with Crippen LogP contribution < -0.4 is 0 Å². The van der Waals surface area contributed by atoms with Gasteiger partial charge in [0.25, 0.3) is 0 Å². The van der Waals surface area contributed by atoms with E-state index >= 15 is 0 Å². The number of halogens is 3. The molecule has 0 heterocycles. The van der Waals surface area contributed by atoms with Gasteiger partial charge in [0.1, 0.15) is 12.2 Å². The van der Waals surface area contributed by atoms with E-state index in [4.69, 9.17) is 0 Å². The van der Waals surface area contributed by atoms with Gasteiger partial charge in [-0.1, -0.05) is 6.92 Å². The van der Waals surface area contributed by atoms with Crippen LogP contribution in [-0.4, -0.2) is 12.0 Å². The second kappa shape index (κ2) is 2.85. The minimum Gasteiger partial charge on any atom is -0.299 e. The van der Waals surface area contributed by atoms with Crippen molar-refractivity contribution < 1.29 is 18.0 Å². The van der Waals surface area contributed by atoms with Crippen LogP contribution >= 0.6 is 0 Å². The minimum atomic E-state index is -4.33. The Bertz CT molecular complexity index is 105. The minimum absolute atomic E-state index is 0.0422. The van der Waals surface area contributed by atoms with Crippen LogP contribution in [0.1, 0.15) is 19.8 Å². The van der Waals surface area contributed by atoms with Crippen LogP contribution in [-0.2, 0) is 4.79 Å². The molecule has 0 radical (unpaired) electrons. The monoisotopic (exact) mass is 140 g/mol. The van der Waals surface area contributed by atoms with E-state index in [0.717, 1.165) is 0 Å². The Morgan fingerprint density at radius 3 is 2.00 bits per heavy atom. The summed E-state index contributed by atoms with van der Waals surface area (Å²) in [5.41, 5.74) is 0. The lowest BCUT2D eigenvalue weighted by Crippen LogP contribution is -2.13. The third-order valence-corrected chi connectivity index (χ3v) is 0.792. The molecule has 0 aromatic heterocycles. The summed E-state index contributed by atoms with van der Waals surface area (Å²) in [6, 6.07) is 0. The molecular formula is C5H7F3O. The van der Waals surface area contributed by atoms with Gasteiger partial charge in [0.2, 0.25) is 0 Å². The first-order valence-corrected chi connectivity index (χ1v) is 2.54. The highest BCUT2D eigenvalue weighted by Crippen LogP contribution is 2.19. The number of rotatable bonds is 2. The smallest absolute Gasteiger partial charge is 0.299 e. The highest BCUT2D eigenvalue weighted by Gasteiger charge is 2.29. The van der Waals surface area contributed by atoms with Gasteiger partial charge in [-0.15, -0.1) is 0 Å². The lowest BCUT2D eigenvalue weighted by Gasteiger charge is -2.01. The van der Waals surface area contributed by atoms with Crippen molar-refractivity contribution in [2.45, 2.75) is 25.9 Å². The first kappa shape index (κ1) is 8.46. The van der Waals surface area contributed by atoms with E-state index in [0.29, 0.717) is 0 Å². The maximum atomic E-state index is 11.3. The van der Waals surface area contributed by atoms with Crippen LogP contribution in [0.5, 0.6) is 0 Å². The zero-order valence-corrected chi connectivity index (χ0v) is 4.96. The topological polar surface area (TPSA) is 17.1 Å². The first-order valence-electron chi connectivity index (χ1n) is 2.54. The zero-order chi connectivity index (χ0) is 7.49. The van der Waals surface area contributed by atoms with Crippen LogP contribution in [0.25, 0.3) is 0 Å². The van der Waals surface area contributed by atoms with Crippen molar-refractivity contribution in [3.63, 3.8) is 0 Å². The maximum Gasteiger partial charge on any atom is 0.395 e. The van der Waals surface area contributed by atoms with E-state index in [1.807, 2.05) is 0 Å². The standard InChI is InChI=1S/C5H7F3O/c1-2-4(9)3-5(6,7)8/h2-3H2,1H3. The van der Waals surface area contributed by atoms with Gasteiger partial charge in [-0.3, -0.25) is 4.79 Å².